The Balaban J connectivity index is 1.42. The first-order chi connectivity index (χ1) is 25.4. The minimum absolute atomic E-state index is 0.297. The number of ether oxygens (including phenoxy) is 7. The Kier molecular flexibility index (Phi) is 13.0. The van der Waals surface area contributed by atoms with E-state index < -0.39 is 54.5 Å². The van der Waals surface area contributed by atoms with Crippen LogP contribution in [0.2, 0.25) is 0 Å². The summed E-state index contributed by atoms with van der Waals surface area (Å²) in [6.45, 7) is 7.67. The van der Waals surface area contributed by atoms with Crippen molar-refractivity contribution >= 4 is 40.6 Å². The molecule has 1 aliphatic heterocycles. The van der Waals surface area contributed by atoms with Crippen LogP contribution in [0, 0.1) is 6.92 Å². The van der Waals surface area contributed by atoms with Crippen LogP contribution >= 0.6 is 0 Å². The molecule has 13 nitrogen and oxygen atoms in total. The summed E-state index contributed by atoms with van der Waals surface area (Å²) in [7, 11) is 0. The molecule has 0 bridgehead atoms. The van der Waals surface area contributed by atoms with E-state index >= 15 is 0 Å². The first kappa shape index (κ1) is 38.7. The molecule has 5 rings (SSSR count). The molecule has 1 fully saturated rings. The van der Waals surface area contributed by atoms with Crippen LogP contribution in [0.15, 0.2) is 79.0 Å². The minimum Gasteiger partial charge on any atom is -0.494 e. The van der Waals surface area contributed by atoms with Crippen LogP contribution in [-0.4, -0.2) is 78.5 Å². The van der Waals surface area contributed by atoms with Gasteiger partial charge in [0.2, 0.25) is 0 Å². The summed E-state index contributed by atoms with van der Waals surface area (Å²) in [6.07, 6.45) is -4.16. The summed E-state index contributed by atoms with van der Waals surface area (Å²) in [5.41, 5.74) is 3.15. The minimum atomic E-state index is -1.37. The number of hydrogen-bond acceptors (Lipinski definition) is 12. The van der Waals surface area contributed by atoms with Gasteiger partial charge in [0.05, 0.1) is 25.3 Å². The Morgan fingerprint density at radius 1 is 0.717 bits per heavy atom. The summed E-state index contributed by atoms with van der Waals surface area (Å²) in [4.78, 5) is 63.0. The van der Waals surface area contributed by atoms with Gasteiger partial charge in [-0.15, -0.1) is 0 Å². The average Bonchev–Trinajstić information content (AvgIpc) is 3.51. The van der Waals surface area contributed by atoms with E-state index in [4.69, 9.17) is 33.2 Å². The first-order valence-corrected chi connectivity index (χ1v) is 17.2. The quantitative estimate of drug-likeness (QED) is 0.0664. The second kappa shape index (κ2) is 17.8. The third kappa shape index (κ3) is 9.87. The number of rotatable bonds is 15. The number of aryl methyl sites for hydroxylation is 1. The van der Waals surface area contributed by atoms with Crippen LogP contribution in [0.4, 0.5) is 0 Å². The van der Waals surface area contributed by atoms with Gasteiger partial charge >= 0.3 is 23.9 Å². The normalized spacial score (nSPS) is 19.6. The highest BCUT2D eigenvalue weighted by Gasteiger charge is 2.53. The Bertz CT molecular complexity index is 1920. The Morgan fingerprint density at radius 2 is 1.38 bits per heavy atom. The number of carbonyl (C=O) groups is 5. The zero-order valence-electron chi connectivity index (χ0n) is 30.3. The number of ketones is 1. The van der Waals surface area contributed by atoms with E-state index in [0.717, 1.165) is 25.0 Å². The molecule has 0 spiro atoms. The maximum Gasteiger partial charge on any atom is 0.303 e. The highest BCUT2D eigenvalue weighted by Crippen LogP contribution is 2.39. The zero-order valence-corrected chi connectivity index (χ0v) is 30.3. The molecule has 1 aliphatic rings. The van der Waals surface area contributed by atoms with Crippen molar-refractivity contribution in [2.75, 3.05) is 19.8 Å². The molecule has 0 saturated carbocycles. The van der Waals surface area contributed by atoms with Crippen LogP contribution in [-0.2, 0) is 54.2 Å². The largest absolute Gasteiger partial charge is 0.494 e. The molecule has 5 unspecified atom stereocenters. The van der Waals surface area contributed by atoms with Crippen LogP contribution in [0.25, 0.3) is 10.9 Å². The number of nitrogens with zero attached hydrogens (tertiary/aromatic N) is 1. The molecule has 13 heteroatoms. The fraction of sp³-hybridized carbons (Fsp3) is 0.375. The second-order valence-electron chi connectivity index (χ2n) is 12.6. The van der Waals surface area contributed by atoms with Crippen molar-refractivity contribution in [3.8, 4) is 5.75 Å². The summed E-state index contributed by atoms with van der Waals surface area (Å²) >= 11 is 0. The predicted octanol–water partition coefficient (Wildman–Crippen LogP) is 5.42. The van der Waals surface area contributed by atoms with Gasteiger partial charge in [0, 0.05) is 56.8 Å². The van der Waals surface area contributed by atoms with Crippen LogP contribution in [0.3, 0.4) is 0 Å². The molecular weight excluding hydrogens is 686 g/mol. The van der Waals surface area contributed by atoms with E-state index in [9.17, 15) is 24.0 Å². The van der Waals surface area contributed by atoms with E-state index in [0.29, 0.717) is 54.0 Å². The van der Waals surface area contributed by atoms with E-state index in [2.05, 4.69) is 0 Å². The lowest BCUT2D eigenvalue weighted by Crippen LogP contribution is -2.60. The van der Waals surface area contributed by atoms with E-state index in [1.54, 1.807) is 47.2 Å². The lowest BCUT2D eigenvalue weighted by atomic mass is 9.97. The molecule has 0 radical (unpaired) electrons. The molecule has 280 valence electrons. The lowest BCUT2D eigenvalue weighted by molar-refractivity contribution is -0.267. The van der Waals surface area contributed by atoms with Gasteiger partial charge in [0.25, 0.3) is 0 Å². The highest BCUT2D eigenvalue weighted by molar-refractivity contribution is 6.17. The second-order valence-corrected chi connectivity index (χ2v) is 12.6. The van der Waals surface area contributed by atoms with Crippen molar-refractivity contribution in [2.24, 2.45) is 0 Å². The van der Waals surface area contributed by atoms with Crippen LogP contribution in [0.5, 0.6) is 5.75 Å². The third-order valence-electron chi connectivity index (χ3n) is 8.48. The number of esters is 4. The van der Waals surface area contributed by atoms with Crippen molar-refractivity contribution in [1.29, 1.82) is 0 Å². The van der Waals surface area contributed by atoms with Gasteiger partial charge in [-0.1, -0.05) is 42.5 Å². The molecule has 5 atom stereocenters. The molecule has 0 aliphatic carbocycles. The Hall–Kier alpha value is -5.53. The molecule has 1 saturated heterocycles. The SMILES string of the molecule is CC(=O)OCC1OC(n2cc(C(=O)c3ccc(OCCCOCc4ccccc4)cc3)c3c(C)cccc32)C(OC(C)=O)C(OC(C)=O)C1OC(C)=O. The number of benzene rings is 3. The Morgan fingerprint density at radius 3 is 2.04 bits per heavy atom. The maximum atomic E-state index is 14.2. The number of hydrogen-bond donors (Lipinski definition) is 0. The fourth-order valence-corrected chi connectivity index (χ4v) is 6.28. The number of carbonyl (C=O) groups excluding carboxylic acids is 5. The van der Waals surface area contributed by atoms with Gasteiger partial charge in [-0.3, -0.25) is 24.0 Å². The van der Waals surface area contributed by atoms with Gasteiger partial charge < -0.3 is 37.7 Å². The summed E-state index contributed by atoms with van der Waals surface area (Å²) in [6, 6.07) is 22.2. The van der Waals surface area contributed by atoms with Crippen molar-refractivity contribution < 1.29 is 57.1 Å². The molecule has 2 heterocycles. The number of fused-ring (bicyclic) bond motifs is 1. The van der Waals surface area contributed by atoms with Crippen molar-refractivity contribution in [1.82, 2.24) is 4.57 Å². The predicted molar refractivity (Wildman–Crippen MR) is 190 cm³/mol. The first-order valence-electron chi connectivity index (χ1n) is 17.2. The van der Waals surface area contributed by atoms with Crippen molar-refractivity contribution in [2.45, 2.75) is 78.3 Å². The standard InChI is InChI=1S/C40H43NO12/c1-24-11-9-14-33-35(24)32(36(46)30-15-17-31(18-16-30)48-20-10-19-47-22-29-12-7-6-8-13-29)21-41(33)40-39(52-28(5)45)38(51-27(4)44)37(50-26(3)43)34(53-40)23-49-25(2)42/h6-9,11-18,21,34,37-40H,10,19-20,22-23H2,1-5H3. The molecule has 0 N–H and O–H groups in total. The van der Waals surface area contributed by atoms with E-state index in [-0.39, 0.29) is 12.4 Å². The topological polar surface area (TPSA) is 155 Å². The molecular formula is C40H43NO12. The molecule has 3 aromatic carbocycles. The third-order valence-corrected chi connectivity index (χ3v) is 8.48. The fourth-order valence-electron chi connectivity index (χ4n) is 6.28. The van der Waals surface area contributed by atoms with Crippen molar-refractivity contribution in [3.05, 3.63) is 101 Å². The smallest absolute Gasteiger partial charge is 0.303 e. The lowest BCUT2D eigenvalue weighted by Gasteiger charge is -2.44. The van der Waals surface area contributed by atoms with Gasteiger partial charge in [-0.2, -0.15) is 0 Å². The monoisotopic (exact) mass is 729 g/mol. The number of aromatic nitrogens is 1. The maximum absolute atomic E-state index is 14.2. The van der Waals surface area contributed by atoms with E-state index in [1.165, 1.54) is 13.8 Å². The van der Waals surface area contributed by atoms with Gasteiger partial charge in [-0.05, 0) is 48.4 Å². The zero-order chi connectivity index (χ0) is 38.1. The summed E-state index contributed by atoms with van der Waals surface area (Å²) < 4.78 is 41.7. The van der Waals surface area contributed by atoms with Crippen molar-refractivity contribution in [3.63, 3.8) is 0 Å². The van der Waals surface area contributed by atoms with E-state index in [1.807, 2.05) is 43.3 Å². The van der Waals surface area contributed by atoms with Crippen LogP contribution < -0.4 is 4.74 Å². The highest BCUT2D eigenvalue weighted by atomic mass is 16.7. The van der Waals surface area contributed by atoms with Crippen LogP contribution in [0.1, 0.15) is 67.4 Å². The summed E-state index contributed by atoms with van der Waals surface area (Å²) in [5.74, 6) is -2.54. The molecule has 0 amide bonds. The Labute approximate surface area is 307 Å². The summed E-state index contributed by atoms with van der Waals surface area (Å²) in [5, 5.41) is 0.612. The molecule has 1 aromatic heterocycles. The molecule has 4 aromatic rings. The van der Waals surface area contributed by atoms with Gasteiger partial charge in [0.15, 0.2) is 30.3 Å². The molecule has 53 heavy (non-hydrogen) atoms. The van der Waals surface area contributed by atoms with Gasteiger partial charge in [-0.25, -0.2) is 0 Å². The van der Waals surface area contributed by atoms with Gasteiger partial charge in [0.1, 0.15) is 18.5 Å². The average molecular weight is 730 g/mol.